The Balaban J connectivity index is 3.12. The molecule has 0 unspecified atom stereocenters. The van der Waals surface area contributed by atoms with Gasteiger partial charge in [-0.3, -0.25) is 4.99 Å². The van der Waals surface area contributed by atoms with Gasteiger partial charge in [0.25, 0.3) is 0 Å². The minimum absolute atomic E-state index is 0.759. The van der Waals surface area contributed by atoms with Gasteiger partial charge in [0, 0.05) is 36.7 Å². The first-order chi connectivity index (χ1) is 6.19. The van der Waals surface area contributed by atoms with E-state index in [1.54, 1.807) is 7.05 Å². The molecule has 0 aliphatic rings. The molecule has 3 N–H and O–H groups in total. The van der Waals surface area contributed by atoms with Crippen molar-refractivity contribution in [3.8, 4) is 0 Å². The van der Waals surface area contributed by atoms with Crippen LogP contribution in [0.2, 0.25) is 0 Å². The van der Waals surface area contributed by atoms with Crippen LogP contribution in [0.5, 0.6) is 0 Å². The molecule has 0 aromatic heterocycles. The van der Waals surface area contributed by atoms with Crippen LogP contribution in [0.3, 0.4) is 0 Å². The lowest BCUT2D eigenvalue weighted by Crippen LogP contribution is -2.01. The molecule has 3 nitrogen and oxygen atoms in total. The minimum Gasteiger partial charge on any atom is -0.398 e. The molecule has 70 valence electrons. The smallest absolute Gasteiger partial charge is 0.0426 e. The van der Waals surface area contributed by atoms with Gasteiger partial charge in [0.15, 0.2) is 0 Å². The first kappa shape index (κ1) is 9.58. The fourth-order valence-corrected chi connectivity index (χ4v) is 1.17. The van der Waals surface area contributed by atoms with E-state index in [0.29, 0.717) is 0 Å². The van der Waals surface area contributed by atoms with Crippen LogP contribution in [-0.2, 0) is 0 Å². The number of nitrogen functional groups attached to an aromatic ring is 1. The van der Waals surface area contributed by atoms with Crippen LogP contribution in [0, 0.1) is 0 Å². The Kier molecular flexibility index (Phi) is 2.90. The van der Waals surface area contributed by atoms with Crippen LogP contribution < -0.4 is 11.1 Å². The zero-order valence-electron chi connectivity index (χ0n) is 8.26. The van der Waals surface area contributed by atoms with Crippen LogP contribution in [0.15, 0.2) is 23.2 Å². The van der Waals surface area contributed by atoms with Crippen molar-refractivity contribution in [3.05, 3.63) is 23.8 Å². The van der Waals surface area contributed by atoms with E-state index in [0.717, 1.165) is 22.6 Å². The Morgan fingerprint density at radius 3 is 2.62 bits per heavy atom. The molecule has 0 spiro atoms. The van der Waals surface area contributed by atoms with Crippen molar-refractivity contribution in [1.82, 2.24) is 0 Å². The number of aliphatic imine (C=N–C) groups is 1. The summed E-state index contributed by atoms with van der Waals surface area (Å²) in [6, 6.07) is 5.87. The van der Waals surface area contributed by atoms with Crippen molar-refractivity contribution < 1.29 is 0 Å². The molecule has 0 heterocycles. The average molecular weight is 177 g/mol. The molecule has 0 saturated heterocycles. The number of nitrogens with two attached hydrogens (primary N) is 1. The van der Waals surface area contributed by atoms with E-state index in [9.17, 15) is 0 Å². The summed E-state index contributed by atoms with van der Waals surface area (Å²) in [5.74, 6) is 0. The van der Waals surface area contributed by atoms with Gasteiger partial charge >= 0.3 is 0 Å². The van der Waals surface area contributed by atoms with Crippen molar-refractivity contribution >= 4 is 17.1 Å². The number of rotatable bonds is 2. The normalized spacial score (nSPS) is 11.5. The summed E-state index contributed by atoms with van der Waals surface area (Å²) in [4.78, 5) is 4.09. The molecule has 1 rings (SSSR count). The maximum atomic E-state index is 5.85. The highest BCUT2D eigenvalue weighted by molar-refractivity contribution is 6.03. The molecule has 0 radical (unpaired) electrons. The van der Waals surface area contributed by atoms with Crippen LogP contribution in [0.1, 0.15) is 12.5 Å². The van der Waals surface area contributed by atoms with Crippen molar-refractivity contribution in [3.63, 3.8) is 0 Å². The monoisotopic (exact) mass is 177 g/mol. The Morgan fingerprint density at radius 2 is 2.15 bits per heavy atom. The molecular formula is C10H15N3. The van der Waals surface area contributed by atoms with E-state index < -0.39 is 0 Å². The predicted octanol–water partition coefficient (Wildman–Crippen LogP) is 1.75. The van der Waals surface area contributed by atoms with Gasteiger partial charge in [-0.25, -0.2) is 0 Å². The van der Waals surface area contributed by atoms with E-state index in [1.807, 2.05) is 32.2 Å². The average Bonchev–Trinajstić information content (AvgIpc) is 2.16. The van der Waals surface area contributed by atoms with Crippen molar-refractivity contribution in [2.45, 2.75) is 6.92 Å². The maximum Gasteiger partial charge on any atom is 0.0426 e. The first-order valence-corrected chi connectivity index (χ1v) is 4.20. The van der Waals surface area contributed by atoms with Crippen molar-refractivity contribution in [2.75, 3.05) is 25.1 Å². The summed E-state index contributed by atoms with van der Waals surface area (Å²) in [5, 5.41) is 3.03. The number of anilines is 2. The molecule has 0 saturated carbocycles. The van der Waals surface area contributed by atoms with Crippen molar-refractivity contribution in [1.29, 1.82) is 0 Å². The van der Waals surface area contributed by atoms with Gasteiger partial charge < -0.3 is 11.1 Å². The number of benzene rings is 1. The Labute approximate surface area is 78.7 Å². The third-order valence-electron chi connectivity index (χ3n) is 2.07. The Bertz CT molecular complexity index is 329. The zero-order chi connectivity index (χ0) is 9.84. The molecule has 1 aromatic carbocycles. The van der Waals surface area contributed by atoms with Crippen LogP contribution in [-0.4, -0.2) is 19.8 Å². The lowest BCUT2D eigenvalue weighted by molar-refractivity contribution is 1.41. The summed E-state index contributed by atoms with van der Waals surface area (Å²) in [6.45, 7) is 1.95. The predicted molar refractivity (Wildman–Crippen MR) is 58.5 cm³/mol. The topological polar surface area (TPSA) is 50.4 Å². The molecule has 0 atom stereocenters. The fraction of sp³-hybridized carbons (Fsp3) is 0.300. The SMILES string of the molecule is CN=C(C)c1ccc(NC)cc1N. The molecule has 0 aliphatic carbocycles. The summed E-state index contributed by atoms with van der Waals surface area (Å²) >= 11 is 0. The number of nitrogens with zero attached hydrogens (tertiary/aromatic N) is 1. The van der Waals surface area contributed by atoms with Gasteiger partial charge in [-0.1, -0.05) is 0 Å². The van der Waals surface area contributed by atoms with E-state index in [-0.39, 0.29) is 0 Å². The highest BCUT2D eigenvalue weighted by Gasteiger charge is 2.01. The van der Waals surface area contributed by atoms with E-state index in [1.165, 1.54) is 0 Å². The molecule has 0 amide bonds. The zero-order valence-corrected chi connectivity index (χ0v) is 8.26. The van der Waals surface area contributed by atoms with Gasteiger partial charge in [0.1, 0.15) is 0 Å². The largest absolute Gasteiger partial charge is 0.398 e. The Hall–Kier alpha value is -1.51. The summed E-state index contributed by atoms with van der Waals surface area (Å²) < 4.78 is 0. The number of hydrogen-bond donors (Lipinski definition) is 2. The van der Waals surface area contributed by atoms with Gasteiger partial charge in [-0.15, -0.1) is 0 Å². The molecule has 3 heteroatoms. The first-order valence-electron chi connectivity index (χ1n) is 4.20. The highest BCUT2D eigenvalue weighted by Crippen LogP contribution is 2.18. The fourth-order valence-electron chi connectivity index (χ4n) is 1.17. The molecule has 13 heavy (non-hydrogen) atoms. The second-order valence-electron chi connectivity index (χ2n) is 2.86. The standard InChI is InChI=1S/C10H15N3/c1-7(12-2)9-5-4-8(13-3)6-10(9)11/h4-6,13H,11H2,1-3H3. The number of nitrogens with one attached hydrogen (secondary N) is 1. The van der Waals surface area contributed by atoms with Crippen LogP contribution in [0.25, 0.3) is 0 Å². The maximum absolute atomic E-state index is 5.85. The third kappa shape index (κ3) is 1.99. The minimum atomic E-state index is 0.759. The molecule has 0 bridgehead atoms. The van der Waals surface area contributed by atoms with Crippen LogP contribution in [0.4, 0.5) is 11.4 Å². The third-order valence-corrected chi connectivity index (χ3v) is 2.07. The van der Waals surface area contributed by atoms with Gasteiger partial charge in [-0.2, -0.15) is 0 Å². The summed E-state index contributed by atoms with van der Waals surface area (Å²) in [5.41, 5.74) is 9.59. The lowest BCUT2D eigenvalue weighted by atomic mass is 10.1. The van der Waals surface area contributed by atoms with Gasteiger partial charge in [-0.05, 0) is 25.1 Å². The van der Waals surface area contributed by atoms with Crippen LogP contribution >= 0.6 is 0 Å². The Morgan fingerprint density at radius 1 is 1.46 bits per heavy atom. The second kappa shape index (κ2) is 3.94. The second-order valence-corrected chi connectivity index (χ2v) is 2.86. The molecule has 1 aromatic rings. The lowest BCUT2D eigenvalue weighted by Gasteiger charge is -2.07. The van der Waals surface area contributed by atoms with Gasteiger partial charge in [0.05, 0.1) is 0 Å². The van der Waals surface area contributed by atoms with E-state index in [4.69, 9.17) is 5.73 Å². The summed E-state index contributed by atoms with van der Waals surface area (Å²) in [7, 11) is 3.63. The molecule has 0 aliphatic heterocycles. The molecule has 0 fully saturated rings. The quantitative estimate of drug-likeness (QED) is 0.534. The molecular weight excluding hydrogens is 162 g/mol. The summed E-state index contributed by atoms with van der Waals surface area (Å²) in [6.07, 6.45) is 0. The van der Waals surface area contributed by atoms with Crippen molar-refractivity contribution in [2.24, 2.45) is 4.99 Å². The highest BCUT2D eigenvalue weighted by atomic mass is 14.8. The van der Waals surface area contributed by atoms with E-state index >= 15 is 0 Å². The number of hydrogen-bond acceptors (Lipinski definition) is 3. The van der Waals surface area contributed by atoms with E-state index in [2.05, 4.69) is 10.3 Å². The van der Waals surface area contributed by atoms with Gasteiger partial charge in [0.2, 0.25) is 0 Å².